The Kier molecular flexibility index (Phi) is 5.77. The number of aromatic nitrogens is 1. The molecule has 0 radical (unpaired) electrons. The molecule has 1 aromatic heterocycles. The highest BCUT2D eigenvalue weighted by Gasteiger charge is 2.33. The largest absolute Gasteiger partial charge is 0.487 e. The van der Waals surface area contributed by atoms with Gasteiger partial charge in [-0.15, -0.1) is 0 Å². The van der Waals surface area contributed by atoms with Crippen LogP contribution in [-0.2, 0) is 11.4 Å². The van der Waals surface area contributed by atoms with E-state index in [0.717, 1.165) is 28.1 Å². The van der Waals surface area contributed by atoms with Gasteiger partial charge in [-0.2, -0.15) is 0 Å². The van der Waals surface area contributed by atoms with E-state index in [2.05, 4.69) is 10.3 Å². The Hall–Kier alpha value is -3.58. The van der Waals surface area contributed by atoms with Crippen molar-refractivity contribution in [1.29, 1.82) is 0 Å². The van der Waals surface area contributed by atoms with E-state index in [4.69, 9.17) is 17.0 Å². The topological polar surface area (TPSA) is 54.5 Å². The standard InChI is InChI=1S/C24H20FN3O2S/c1-15-11-17(12-16(2)22(15)30-14-18-7-5-6-10-26-18)13-20-23(29)28(24(31)27-20)21-9-4-3-8-19(21)25/h3-13H,14H2,1-2H3,(H,27,31)/b20-13-. The van der Waals surface area contributed by atoms with Gasteiger partial charge in [0.05, 0.1) is 11.4 Å². The monoisotopic (exact) mass is 433 g/mol. The fourth-order valence-electron chi connectivity index (χ4n) is 3.48. The minimum atomic E-state index is -0.512. The van der Waals surface area contributed by atoms with Crippen LogP contribution >= 0.6 is 12.2 Å². The van der Waals surface area contributed by atoms with Gasteiger partial charge < -0.3 is 10.1 Å². The van der Waals surface area contributed by atoms with E-state index in [9.17, 15) is 9.18 Å². The molecule has 1 amide bonds. The van der Waals surface area contributed by atoms with Crippen molar-refractivity contribution in [1.82, 2.24) is 10.3 Å². The number of carbonyl (C=O) groups excluding carboxylic acids is 1. The molecule has 1 fully saturated rings. The lowest BCUT2D eigenvalue weighted by molar-refractivity contribution is -0.113. The number of hydrogen-bond acceptors (Lipinski definition) is 4. The number of thiocarbonyl (C=S) groups is 1. The van der Waals surface area contributed by atoms with Gasteiger partial charge in [0.2, 0.25) is 0 Å². The van der Waals surface area contributed by atoms with Crippen molar-refractivity contribution < 1.29 is 13.9 Å². The van der Waals surface area contributed by atoms with Crippen LogP contribution in [0.4, 0.5) is 10.1 Å². The van der Waals surface area contributed by atoms with E-state index in [1.165, 1.54) is 17.0 Å². The second-order valence-electron chi connectivity index (χ2n) is 7.17. The molecule has 4 rings (SSSR count). The predicted octanol–water partition coefficient (Wildman–Crippen LogP) is 4.68. The highest BCUT2D eigenvalue weighted by atomic mass is 32.1. The van der Waals surface area contributed by atoms with E-state index in [1.807, 2.05) is 44.2 Å². The van der Waals surface area contributed by atoms with Crippen molar-refractivity contribution in [2.24, 2.45) is 0 Å². The van der Waals surface area contributed by atoms with Gasteiger partial charge in [0.15, 0.2) is 5.11 Å². The summed E-state index contributed by atoms with van der Waals surface area (Å²) >= 11 is 5.27. The number of ether oxygens (including phenoxy) is 1. The third-order valence-electron chi connectivity index (χ3n) is 4.86. The van der Waals surface area contributed by atoms with Crippen LogP contribution in [-0.4, -0.2) is 16.0 Å². The maximum atomic E-state index is 14.2. The number of rotatable bonds is 5. The Morgan fingerprint density at radius 2 is 1.84 bits per heavy atom. The molecule has 0 aliphatic carbocycles. The Labute approximate surface area is 185 Å². The number of amides is 1. The summed E-state index contributed by atoms with van der Waals surface area (Å²) in [5.74, 6) is -0.134. The second kappa shape index (κ2) is 8.65. The van der Waals surface area contributed by atoms with Crippen molar-refractivity contribution in [2.75, 3.05) is 4.90 Å². The molecule has 156 valence electrons. The third-order valence-corrected chi connectivity index (χ3v) is 5.14. The van der Waals surface area contributed by atoms with Crippen LogP contribution < -0.4 is 15.0 Å². The summed E-state index contributed by atoms with van der Waals surface area (Å²) < 4.78 is 20.1. The van der Waals surface area contributed by atoms with Crippen molar-refractivity contribution >= 4 is 35.0 Å². The Morgan fingerprint density at radius 3 is 2.52 bits per heavy atom. The van der Waals surface area contributed by atoms with Gasteiger partial charge in [0.1, 0.15) is 23.9 Å². The Morgan fingerprint density at radius 1 is 1.13 bits per heavy atom. The number of hydrogen-bond donors (Lipinski definition) is 1. The normalized spacial score (nSPS) is 14.8. The van der Waals surface area contributed by atoms with Gasteiger partial charge in [0.25, 0.3) is 5.91 Å². The first kappa shape index (κ1) is 20.7. The van der Waals surface area contributed by atoms with E-state index >= 15 is 0 Å². The zero-order valence-electron chi connectivity index (χ0n) is 17.1. The predicted molar refractivity (Wildman–Crippen MR) is 122 cm³/mol. The van der Waals surface area contributed by atoms with Gasteiger partial charge >= 0.3 is 0 Å². The first-order valence-corrected chi connectivity index (χ1v) is 10.1. The number of para-hydroxylation sites is 1. The number of pyridine rings is 1. The molecule has 0 saturated carbocycles. The molecule has 1 saturated heterocycles. The first-order chi connectivity index (χ1) is 14.9. The molecular weight excluding hydrogens is 413 g/mol. The smallest absolute Gasteiger partial charge is 0.281 e. The molecule has 0 unspecified atom stereocenters. The lowest BCUT2D eigenvalue weighted by atomic mass is 10.0. The van der Waals surface area contributed by atoms with Crippen molar-refractivity contribution in [3.63, 3.8) is 0 Å². The number of aryl methyl sites for hydroxylation is 2. The molecule has 1 N–H and O–H groups in total. The fraction of sp³-hybridized carbons (Fsp3) is 0.125. The second-order valence-corrected chi connectivity index (χ2v) is 7.56. The van der Waals surface area contributed by atoms with E-state index in [1.54, 1.807) is 24.4 Å². The summed E-state index contributed by atoms with van der Waals surface area (Å²) in [4.78, 5) is 18.3. The summed E-state index contributed by atoms with van der Waals surface area (Å²) in [5.41, 5.74) is 3.93. The van der Waals surface area contributed by atoms with E-state index in [0.29, 0.717) is 6.61 Å². The molecule has 0 atom stereocenters. The molecular formula is C24H20FN3O2S. The van der Waals surface area contributed by atoms with Crippen LogP contribution in [0.3, 0.4) is 0 Å². The minimum Gasteiger partial charge on any atom is -0.487 e. The average Bonchev–Trinajstić information content (AvgIpc) is 3.01. The average molecular weight is 434 g/mol. The van der Waals surface area contributed by atoms with Gasteiger partial charge in [-0.25, -0.2) is 9.29 Å². The van der Waals surface area contributed by atoms with Crippen LogP contribution in [0.15, 0.2) is 66.5 Å². The number of carbonyl (C=O) groups is 1. The zero-order chi connectivity index (χ0) is 22.0. The van der Waals surface area contributed by atoms with Crippen LogP contribution in [0, 0.1) is 19.7 Å². The summed E-state index contributed by atoms with van der Waals surface area (Å²) in [6.45, 7) is 4.26. The van der Waals surface area contributed by atoms with Crippen LogP contribution in [0.25, 0.3) is 6.08 Å². The number of halogens is 1. The lowest BCUT2D eigenvalue weighted by Gasteiger charge is -2.14. The van der Waals surface area contributed by atoms with Crippen LogP contribution in [0.5, 0.6) is 5.75 Å². The number of nitrogens with one attached hydrogen (secondary N) is 1. The SMILES string of the molecule is Cc1cc(/C=C2\NC(=S)N(c3ccccc3F)C2=O)cc(C)c1OCc1ccccn1. The van der Waals surface area contributed by atoms with Gasteiger partial charge in [-0.1, -0.05) is 18.2 Å². The Balaban J connectivity index is 1.57. The lowest BCUT2D eigenvalue weighted by Crippen LogP contribution is -2.31. The minimum absolute atomic E-state index is 0.124. The summed E-state index contributed by atoms with van der Waals surface area (Å²) in [5, 5.41) is 3.03. The van der Waals surface area contributed by atoms with Gasteiger partial charge in [0, 0.05) is 6.20 Å². The quantitative estimate of drug-likeness (QED) is 0.468. The maximum absolute atomic E-state index is 14.2. The molecule has 7 heteroatoms. The third kappa shape index (κ3) is 4.32. The molecule has 0 bridgehead atoms. The molecule has 2 aromatic carbocycles. The Bertz CT molecular complexity index is 1170. The molecule has 1 aliphatic rings. The van der Waals surface area contributed by atoms with Gasteiger partial charge in [-0.3, -0.25) is 9.78 Å². The maximum Gasteiger partial charge on any atom is 0.281 e. The summed E-state index contributed by atoms with van der Waals surface area (Å²) in [7, 11) is 0. The molecule has 1 aliphatic heterocycles. The van der Waals surface area contributed by atoms with Crippen molar-refractivity contribution in [2.45, 2.75) is 20.5 Å². The molecule has 0 spiro atoms. The molecule has 2 heterocycles. The molecule has 31 heavy (non-hydrogen) atoms. The molecule has 3 aromatic rings. The molecule has 5 nitrogen and oxygen atoms in total. The highest BCUT2D eigenvalue weighted by Crippen LogP contribution is 2.28. The van der Waals surface area contributed by atoms with E-state index < -0.39 is 11.7 Å². The number of anilines is 1. The van der Waals surface area contributed by atoms with Gasteiger partial charge in [-0.05, 0) is 85.2 Å². The summed E-state index contributed by atoms with van der Waals surface area (Å²) in [6, 6.07) is 15.6. The highest BCUT2D eigenvalue weighted by molar-refractivity contribution is 7.80. The van der Waals surface area contributed by atoms with Crippen molar-refractivity contribution in [3.05, 3.63) is 94.7 Å². The number of benzene rings is 2. The van der Waals surface area contributed by atoms with Crippen molar-refractivity contribution in [3.8, 4) is 5.75 Å². The number of nitrogens with zero attached hydrogens (tertiary/aromatic N) is 2. The van der Waals surface area contributed by atoms with Crippen LogP contribution in [0.1, 0.15) is 22.4 Å². The zero-order valence-corrected chi connectivity index (χ0v) is 17.9. The first-order valence-electron chi connectivity index (χ1n) is 9.69. The fourth-order valence-corrected chi connectivity index (χ4v) is 3.77. The van der Waals surface area contributed by atoms with Crippen LogP contribution in [0.2, 0.25) is 0 Å². The van der Waals surface area contributed by atoms with E-state index in [-0.39, 0.29) is 16.5 Å². The summed E-state index contributed by atoms with van der Waals surface area (Å²) in [6.07, 6.45) is 3.44.